The Hall–Kier alpha value is -0.260. The minimum Gasteiger partial charge on any atom is -0.356 e. The Morgan fingerprint density at radius 3 is 2.05 bits per heavy atom. The largest absolute Gasteiger partial charge is 0.390 e. The van der Waals surface area contributed by atoms with E-state index in [-0.39, 0.29) is 43.0 Å². The number of aliphatic imine (C=N–C) groups is 1. The van der Waals surface area contributed by atoms with Gasteiger partial charge in [-0.25, -0.2) is 8.42 Å². The zero-order valence-corrected chi connectivity index (χ0v) is 15.0. The van der Waals surface area contributed by atoms with Gasteiger partial charge in [0.05, 0.1) is 11.2 Å². The van der Waals surface area contributed by atoms with Crippen molar-refractivity contribution in [3.05, 3.63) is 0 Å². The van der Waals surface area contributed by atoms with E-state index in [1.165, 1.54) is 20.9 Å². The van der Waals surface area contributed by atoms with Crippen molar-refractivity contribution in [2.24, 2.45) is 4.99 Å². The third kappa shape index (κ3) is 8.82. The van der Waals surface area contributed by atoms with Crippen molar-refractivity contribution in [3.8, 4) is 0 Å². The number of nitrogens with one attached hydrogen (secondary N) is 2. The van der Waals surface area contributed by atoms with E-state index in [0.717, 1.165) is 6.26 Å². The molecule has 0 fully saturated rings. The number of hydrogen-bond donors (Lipinski definition) is 2. The van der Waals surface area contributed by atoms with Gasteiger partial charge >= 0.3 is 6.18 Å². The van der Waals surface area contributed by atoms with Gasteiger partial charge in [-0.15, -0.1) is 24.0 Å². The summed E-state index contributed by atoms with van der Waals surface area (Å²) < 4.78 is 57.8. The Kier molecular flexibility index (Phi) is 9.08. The van der Waals surface area contributed by atoms with Crippen molar-refractivity contribution in [1.82, 2.24) is 10.6 Å². The van der Waals surface area contributed by atoms with Gasteiger partial charge in [-0.3, -0.25) is 4.99 Å². The summed E-state index contributed by atoms with van der Waals surface area (Å²) >= 11 is 0. The SMILES string of the molecule is CN=C(NCCC(F)(F)F)NCC(C)(C)S(C)(=O)=O.I. The van der Waals surface area contributed by atoms with Crippen LogP contribution in [0.1, 0.15) is 20.3 Å². The van der Waals surface area contributed by atoms with Crippen molar-refractivity contribution >= 4 is 39.8 Å². The molecule has 0 aliphatic carbocycles. The first-order valence-corrected chi connectivity index (χ1v) is 7.49. The molecule has 0 aromatic heterocycles. The van der Waals surface area contributed by atoms with Crippen LogP contribution in [0.5, 0.6) is 0 Å². The Labute approximate surface area is 134 Å². The van der Waals surface area contributed by atoms with Crippen LogP contribution in [-0.4, -0.2) is 51.7 Å². The second-order valence-electron chi connectivity index (χ2n) is 4.75. The van der Waals surface area contributed by atoms with E-state index < -0.39 is 27.2 Å². The lowest BCUT2D eigenvalue weighted by molar-refractivity contribution is -0.132. The molecule has 122 valence electrons. The second-order valence-corrected chi connectivity index (χ2v) is 7.40. The summed E-state index contributed by atoms with van der Waals surface area (Å²) in [5.74, 6) is 0.140. The van der Waals surface area contributed by atoms with Gasteiger partial charge in [-0.2, -0.15) is 13.2 Å². The van der Waals surface area contributed by atoms with Crippen LogP contribution in [0.2, 0.25) is 0 Å². The summed E-state index contributed by atoms with van der Waals surface area (Å²) in [4.78, 5) is 3.73. The average molecular weight is 431 g/mol. The highest BCUT2D eigenvalue weighted by Gasteiger charge is 2.30. The average Bonchev–Trinajstić information content (AvgIpc) is 2.19. The lowest BCUT2D eigenvalue weighted by Crippen LogP contribution is -2.48. The highest BCUT2D eigenvalue weighted by atomic mass is 127. The van der Waals surface area contributed by atoms with Crippen molar-refractivity contribution in [2.75, 3.05) is 26.4 Å². The molecule has 0 aromatic carbocycles. The van der Waals surface area contributed by atoms with Gasteiger partial charge in [0.2, 0.25) is 0 Å². The lowest BCUT2D eigenvalue weighted by Gasteiger charge is -2.24. The third-order valence-electron chi connectivity index (χ3n) is 2.61. The van der Waals surface area contributed by atoms with Gasteiger partial charge < -0.3 is 10.6 Å². The molecule has 0 saturated heterocycles. The van der Waals surface area contributed by atoms with Crippen LogP contribution >= 0.6 is 24.0 Å². The van der Waals surface area contributed by atoms with E-state index in [4.69, 9.17) is 0 Å². The first-order chi connectivity index (χ1) is 8.39. The molecule has 0 spiro atoms. The topological polar surface area (TPSA) is 70.6 Å². The molecule has 0 saturated carbocycles. The van der Waals surface area contributed by atoms with E-state index >= 15 is 0 Å². The Balaban J connectivity index is 0. The molecule has 0 aliphatic heterocycles. The van der Waals surface area contributed by atoms with Gasteiger partial charge in [0.1, 0.15) is 0 Å². The molecule has 0 unspecified atom stereocenters. The summed E-state index contributed by atoms with van der Waals surface area (Å²) in [5.41, 5.74) is 0. The molecular weight excluding hydrogens is 410 g/mol. The predicted molar refractivity (Wildman–Crippen MR) is 84.4 cm³/mol. The first kappa shape index (κ1) is 22.0. The minimum absolute atomic E-state index is 0. The van der Waals surface area contributed by atoms with Crippen LogP contribution < -0.4 is 10.6 Å². The van der Waals surface area contributed by atoms with Gasteiger partial charge in [0, 0.05) is 26.4 Å². The standard InChI is InChI=1S/C10H20F3N3O2S.HI/c1-9(2,19(4,17)18)7-16-8(14-3)15-6-5-10(11,12)13;/h5-7H2,1-4H3,(H2,14,15,16);1H. The summed E-state index contributed by atoms with van der Waals surface area (Å²) in [6, 6.07) is 0. The zero-order valence-electron chi connectivity index (χ0n) is 11.8. The van der Waals surface area contributed by atoms with Crippen LogP contribution in [0.3, 0.4) is 0 Å². The smallest absolute Gasteiger partial charge is 0.356 e. The number of halogens is 4. The van der Waals surface area contributed by atoms with Gasteiger partial charge in [-0.05, 0) is 13.8 Å². The monoisotopic (exact) mass is 431 g/mol. The zero-order chi connectivity index (χ0) is 15.3. The van der Waals surface area contributed by atoms with Crippen molar-refractivity contribution < 1.29 is 21.6 Å². The third-order valence-corrected chi connectivity index (χ3v) is 4.76. The summed E-state index contributed by atoms with van der Waals surface area (Å²) in [6.07, 6.45) is -4.12. The normalized spacial score (nSPS) is 13.7. The van der Waals surface area contributed by atoms with Crippen LogP contribution in [0, 0.1) is 0 Å². The fourth-order valence-electron chi connectivity index (χ4n) is 0.971. The molecule has 2 N–H and O–H groups in total. The van der Waals surface area contributed by atoms with Crippen LogP contribution in [0.25, 0.3) is 0 Å². The molecule has 0 bridgehead atoms. The van der Waals surface area contributed by atoms with Crippen LogP contribution in [0.4, 0.5) is 13.2 Å². The number of nitrogens with zero attached hydrogens (tertiary/aromatic N) is 1. The number of alkyl halides is 3. The first-order valence-electron chi connectivity index (χ1n) is 5.60. The maximum Gasteiger partial charge on any atom is 0.390 e. The molecular formula is C10H21F3IN3O2S. The van der Waals surface area contributed by atoms with E-state index in [1.54, 1.807) is 0 Å². The highest BCUT2D eigenvalue weighted by molar-refractivity contribution is 14.0. The Morgan fingerprint density at radius 1 is 1.20 bits per heavy atom. The Morgan fingerprint density at radius 2 is 1.70 bits per heavy atom. The van der Waals surface area contributed by atoms with Gasteiger partial charge in [-0.1, -0.05) is 0 Å². The van der Waals surface area contributed by atoms with E-state index in [9.17, 15) is 21.6 Å². The number of guanidine groups is 1. The molecule has 5 nitrogen and oxygen atoms in total. The molecule has 0 rings (SSSR count). The summed E-state index contributed by atoms with van der Waals surface area (Å²) in [5, 5.41) is 5.17. The quantitative estimate of drug-likeness (QED) is 0.394. The number of hydrogen-bond acceptors (Lipinski definition) is 3. The maximum atomic E-state index is 12.0. The lowest BCUT2D eigenvalue weighted by atomic mass is 10.2. The van der Waals surface area contributed by atoms with Crippen LogP contribution in [0.15, 0.2) is 4.99 Å². The molecule has 0 aliphatic rings. The summed E-state index contributed by atoms with van der Waals surface area (Å²) in [7, 11) is -1.88. The number of rotatable bonds is 5. The molecule has 10 heteroatoms. The molecule has 0 radical (unpaired) electrons. The second kappa shape index (κ2) is 8.25. The van der Waals surface area contributed by atoms with E-state index in [2.05, 4.69) is 15.6 Å². The fourth-order valence-corrected chi connectivity index (χ4v) is 1.31. The maximum absolute atomic E-state index is 12.0. The fraction of sp³-hybridized carbons (Fsp3) is 0.900. The molecule has 0 atom stereocenters. The van der Waals surface area contributed by atoms with Crippen molar-refractivity contribution in [2.45, 2.75) is 31.2 Å². The van der Waals surface area contributed by atoms with E-state index in [1.807, 2.05) is 0 Å². The van der Waals surface area contributed by atoms with Crippen molar-refractivity contribution in [1.29, 1.82) is 0 Å². The molecule has 0 amide bonds. The minimum atomic E-state index is -4.24. The summed E-state index contributed by atoms with van der Waals surface area (Å²) in [6.45, 7) is 2.79. The molecule has 0 heterocycles. The van der Waals surface area contributed by atoms with Gasteiger partial charge in [0.25, 0.3) is 0 Å². The van der Waals surface area contributed by atoms with Crippen molar-refractivity contribution in [3.63, 3.8) is 0 Å². The Bertz CT molecular complexity index is 422. The highest BCUT2D eigenvalue weighted by Crippen LogP contribution is 2.18. The predicted octanol–water partition coefficient (Wildman–Crippen LogP) is 1.55. The van der Waals surface area contributed by atoms with Crippen LogP contribution in [-0.2, 0) is 9.84 Å². The molecule has 20 heavy (non-hydrogen) atoms. The van der Waals surface area contributed by atoms with E-state index in [0.29, 0.717) is 0 Å². The molecule has 0 aromatic rings. The number of sulfone groups is 1. The van der Waals surface area contributed by atoms with Gasteiger partial charge in [0.15, 0.2) is 15.8 Å².